The molecule has 90 valence electrons. The van der Waals surface area contributed by atoms with Crippen LogP contribution in [0.3, 0.4) is 0 Å². The van der Waals surface area contributed by atoms with Crippen LogP contribution in [0.1, 0.15) is 48.0 Å². The molecule has 0 spiro atoms. The highest BCUT2D eigenvalue weighted by atomic mass is 16.5. The molecule has 0 aliphatic rings. The summed E-state index contributed by atoms with van der Waals surface area (Å²) in [4.78, 5) is 11.1. The first kappa shape index (κ1) is 12.7. The Labute approximate surface area is 94.4 Å². The number of hydrogen-bond donors (Lipinski definition) is 1. The first-order valence-corrected chi connectivity index (χ1v) is 5.32. The fraction of sp³-hybridized carbons (Fsp3) is 0.636. The van der Waals surface area contributed by atoms with Crippen molar-refractivity contribution in [2.45, 2.75) is 32.6 Å². The molecule has 1 aromatic rings. The number of rotatable bonds is 6. The van der Waals surface area contributed by atoms with Crippen LogP contribution in [0.25, 0.3) is 0 Å². The second-order valence-corrected chi connectivity index (χ2v) is 3.78. The normalized spacial score (nSPS) is 12.7. The number of ether oxygens (including phenoxy) is 1. The summed E-state index contributed by atoms with van der Waals surface area (Å²) in [6, 6.07) is 0. The van der Waals surface area contributed by atoms with Gasteiger partial charge >= 0.3 is 5.97 Å². The lowest BCUT2D eigenvalue weighted by Crippen LogP contribution is -2.09. The number of nitrogens with zero attached hydrogens (tertiary/aromatic N) is 1. The molecule has 0 bridgehead atoms. The van der Waals surface area contributed by atoms with E-state index < -0.39 is 5.97 Å². The zero-order chi connectivity index (χ0) is 12.1. The minimum Gasteiger partial charge on any atom is -0.477 e. The Morgan fingerprint density at radius 1 is 1.62 bits per heavy atom. The van der Waals surface area contributed by atoms with Gasteiger partial charge < -0.3 is 14.4 Å². The summed E-state index contributed by atoms with van der Waals surface area (Å²) in [5, 5.41) is 13.0. The number of methoxy groups -OCH3 is 1. The van der Waals surface area contributed by atoms with Crippen LogP contribution in [0.2, 0.25) is 0 Å². The second kappa shape index (κ2) is 5.65. The third kappa shape index (κ3) is 2.61. The molecule has 1 heterocycles. The monoisotopic (exact) mass is 227 g/mol. The highest BCUT2D eigenvalue weighted by Gasteiger charge is 2.25. The lowest BCUT2D eigenvalue weighted by atomic mass is 10.0. The largest absolute Gasteiger partial charge is 0.477 e. The van der Waals surface area contributed by atoms with Gasteiger partial charge in [-0.05, 0) is 6.42 Å². The van der Waals surface area contributed by atoms with Crippen LogP contribution in [-0.2, 0) is 11.2 Å². The SMILES string of the molecule is CCCc1onc(C(C)COC)c1C(=O)O. The molecule has 5 nitrogen and oxygen atoms in total. The maximum Gasteiger partial charge on any atom is 0.341 e. The number of hydrogen-bond acceptors (Lipinski definition) is 4. The van der Waals surface area contributed by atoms with E-state index in [2.05, 4.69) is 5.16 Å². The Morgan fingerprint density at radius 2 is 2.31 bits per heavy atom. The fourth-order valence-corrected chi connectivity index (χ4v) is 1.63. The van der Waals surface area contributed by atoms with Crippen LogP contribution < -0.4 is 0 Å². The number of carbonyl (C=O) groups is 1. The summed E-state index contributed by atoms with van der Waals surface area (Å²) >= 11 is 0. The van der Waals surface area contributed by atoms with Crippen molar-refractivity contribution in [2.24, 2.45) is 0 Å². The Hall–Kier alpha value is -1.36. The number of carboxylic acids is 1. The van der Waals surface area contributed by atoms with Gasteiger partial charge in [0, 0.05) is 19.4 Å². The molecule has 0 fully saturated rings. The Balaban J connectivity index is 3.04. The van der Waals surface area contributed by atoms with Gasteiger partial charge in [0.25, 0.3) is 0 Å². The van der Waals surface area contributed by atoms with Crippen LogP contribution in [0, 0.1) is 0 Å². The number of aromatic carboxylic acids is 1. The predicted octanol–water partition coefficient (Wildman–Crippen LogP) is 2.08. The molecular weight excluding hydrogens is 210 g/mol. The summed E-state index contributed by atoms with van der Waals surface area (Å²) < 4.78 is 10.1. The molecule has 1 atom stereocenters. The zero-order valence-corrected chi connectivity index (χ0v) is 9.82. The smallest absolute Gasteiger partial charge is 0.341 e. The average molecular weight is 227 g/mol. The van der Waals surface area contributed by atoms with E-state index in [1.54, 1.807) is 7.11 Å². The summed E-state index contributed by atoms with van der Waals surface area (Å²) in [5.74, 6) is -0.610. The van der Waals surface area contributed by atoms with Gasteiger partial charge in [-0.3, -0.25) is 0 Å². The van der Waals surface area contributed by atoms with Crippen molar-refractivity contribution in [1.82, 2.24) is 5.16 Å². The number of aryl methyl sites for hydroxylation is 1. The van der Waals surface area contributed by atoms with Gasteiger partial charge in [0.1, 0.15) is 11.3 Å². The van der Waals surface area contributed by atoms with Crippen molar-refractivity contribution in [3.63, 3.8) is 0 Å². The third-order valence-electron chi connectivity index (χ3n) is 2.36. The van der Waals surface area contributed by atoms with Crippen molar-refractivity contribution in [3.8, 4) is 0 Å². The highest BCUT2D eigenvalue weighted by Crippen LogP contribution is 2.23. The van der Waals surface area contributed by atoms with Gasteiger partial charge in [0.15, 0.2) is 5.76 Å². The topological polar surface area (TPSA) is 72.6 Å². The third-order valence-corrected chi connectivity index (χ3v) is 2.36. The molecular formula is C11H17NO4. The highest BCUT2D eigenvalue weighted by molar-refractivity contribution is 5.90. The minimum absolute atomic E-state index is 0.0783. The molecule has 1 rings (SSSR count). The first-order valence-electron chi connectivity index (χ1n) is 5.32. The van der Waals surface area contributed by atoms with Crippen molar-refractivity contribution in [2.75, 3.05) is 13.7 Å². The Bertz CT molecular complexity index is 359. The van der Waals surface area contributed by atoms with E-state index in [1.807, 2.05) is 13.8 Å². The molecule has 0 aromatic carbocycles. The average Bonchev–Trinajstić information content (AvgIpc) is 2.62. The Morgan fingerprint density at radius 3 is 2.81 bits per heavy atom. The lowest BCUT2D eigenvalue weighted by Gasteiger charge is -2.06. The van der Waals surface area contributed by atoms with Gasteiger partial charge in [-0.1, -0.05) is 19.0 Å². The van der Waals surface area contributed by atoms with Gasteiger partial charge in [0.2, 0.25) is 0 Å². The molecule has 0 amide bonds. The zero-order valence-electron chi connectivity index (χ0n) is 9.82. The van der Waals surface area contributed by atoms with Crippen LogP contribution in [0.5, 0.6) is 0 Å². The first-order chi connectivity index (χ1) is 7.61. The molecule has 1 N–H and O–H groups in total. The molecule has 0 aliphatic heterocycles. The van der Waals surface area contributed by atoms with Gasteiger partial charge in [-0.25, -0.2) is 4.79 Å². The maximum absolute atomic E-state index is 11.1. The van der Waals surface area contributed by atoms with Crippen molar-refractivity contribution in [3.05, 3.63) is 17.0 Å². The summed E-state index contributed by atoms with van der Waals surface area (Å²) in [7, 11) is 1.57. The van der Waals surface area contributed by atoms with Crippen molar-refractivity contribution >= 4 is 5.97 Å². The molecule has 0 radical (unpaired) electrons. The van der Waals surface area contributed by atoms with E-state index in [-0.39, 0.29) is 11.5 Å². The van der Waals surface area contributed by atoms with Crippen LogP contribution in [-0.4, -0.2) is 29.9 Å². The van der Waals surface area contributed by atoms with E-state index in [4.69, 9.17) is 14.4 Å². The lowest BCUT2D eigenvalue weighted by molar-refractivity contribution is 0.0692. The van der Waals surface area contributed by atoms with Crippen LogP contribution >= 0.6 is 0 Å². The van der Waals surface area contributed by atoms with Gasteiger partial charge in [-0.15, -0.1) is 0 Å². The maximum atomic E-state index is 11.1. The van der Waals surface area contributed by atoms with E-state index in [0.717, 1.165) is 6.42 Å². The summed E-state index contributed by atoms with van der Waals surface area (Å²) in [6.45, 7) is 4.26. The molecule has 0 saturated heterocycles. The quantitative estimate of drug-likeness (QED) is 0.805. The van der Waals surface area contributed by atoms with Gasteiger partial charge in [0.05, 0.1) is 6.61 Å². The number of aromatic nitrogens is 1. The van der Waals surface area contributed by atoms with Crippen LogP contribution in [0.4, 0.5) is 0 Å². The summed E-state index contributed by atoms with van der Waals surface area (Å²) in [5.41, 5.74) is 0.671. The predicted molar refractivity (Wildman–Crippen MR) is 57.7 cm³/mol. The second-order valence-electron chi connectivity index (χ2n) is 3.78. The molecule has 0 aliphatic carbocycles. The van der Waals surface area contributed by atoms with E-state index in [9.17, 15) is 4.79 Å². The standard InChI is InChI=1S/C11H17NO4/c1-4-5-8-9(11(13)14)10(12-16-8)7(2)6-15-3/h7H,4-6H2,1-3H3,(H,13,14). The fourth-order valence-electron chi connectivity index (χ4n) is 1.63. The minimum atomic E-state index is -0.984. The van der Waals surface area contributed by atoms with Crippen molar-refractivity contribution < 1.29 is 19.2 Å². The van der Waals surface area contributed by atoms with Crippen molar-refractivity contribution in [1.29, 1.82) is 0 Å². The van der Waals surface area contributed by atoms with Gasteiger partial charge in [-0.2, -0.15) is 0 Å². The molecule has 1 unspecified atom stereocenters. The van der Waals surface area contributed by atoms with Crippen LogP contribution in [0.15, 0.2) is 4.52 Å². The molecule has 5 heteroatoms. The van der Waals surface area contributed by atoms with E-state index >= 15 is 0 Å². The molecule has 16 heavy (non-hydrogen) atoms. The molecule has 1 aromatic heterocycles. The number of carboxylic acid groups (broad SMARTS) is 1. The van der Waals surface area contributed by atoms with E-state index in [0.29, 0.717) is 24.5 Å². The summed E-state index contributed by atoms with van der Waals surface area (Å²) in [6.07, 6.45) is 1.42. The Kier molecular flexibility index (Phi) is 4.49. The van der Waals surface area contributed by atoms with E-state index in [1.165, 1.54) is 0 Å². The molecule has 0 saturated carbocycles.